The van der Waals surface area contributed by atoms with Crippen molar-refractivity contribution < 1.29 is 14.3 Å². The topological polar surface area (TPSA) is 61.5 Å². The van der Waals surface area contributed by atoms with Crippen LogP contribution in [-0.4, -0.2) is 31.8 Å². The molecule has 0 aromatic rings. The fraction of sp³-hybridized carbons (Fsp3) is 0.875. The number of ether oxygens (including phenoxy) is 2. The van der Waals surface area contributed by atoms with E-state index in [1.54, 1.807) is 7.11 Å². The second-order valence-corrected chi connectivity index (χ2v) is 3.22. The van der Waals surface area contributed by atoms with Crippen molar-refractivity contribution >= 4 is 5.97 Å². The molecular formula is C8H15NO3. The number of esters is 1. The molecule has 0 saturated heterocycles. The highest BCUT2D eigenvalue weighted by Crippen LogP contribution is 2.42. The maximum Gasteiger partial charge on any atom is 0.322 e. The largest absolute Gasteiger partial charge is 0.468 e. The Bertz CT molecular complexity index is 177. The summed E-state index contributed by atoms with van der Waals surface area (Å²) in [5.41, 5.74) is 5.44. The van der Waals surface area contributed by atoms with Crippen molar-refractivity contribution in [3.63, 3.8) is 0 Å². The highest BCUT2D eigenvalue weighted by Gasteiger charge is 2.45. The zero-order valence-electron chi connectivity index (χ0n) is 7.50. The van der Waals surface area contributed by atoms with Gasteiger partial charge in [0.25, 0.3) is 0 Å². The summed E-state index contributed by atoms with van der Waals surface area (Å²) in [4.78, 5) is 10.9. The predicted molar refractivity (Wildman–Crippen MR) is 43.6 cm³/mol. The van der Waals surface area contributed by atoms with Gasteiger partial charge in [0.2, 0.25) is 0 Å². The van der Waals surface area contributed by atoms with Crippen molar-refractivity contribution in [3.8, 4) is 0 Å². The number of methoxy groups -OCH3 is 2. The summed E-state index contributed by atoms with van der Waals surface area (Å²) in [5, 5.41) is 0. The second-order valence-electron chi connectivity index (χ2n) is 3.22. The molecule has 0 spiro atoms. The quantitative estimate of drug-likeness (QED) is 0.610. The number of carbonyl (C=O) groups excluding carboxylic acids is 1. The minimum Gasteiger partial charge on any atom is -0.468 e. The van der Waals surface area contributed by atoms with Crippen LogP contribution in [0.4, 0.5) is 0 Å². The number of hydrogen-bond acceptors (Lipinski definition) is 4. The van der Waals surface area contributed by atoms with Gasteiger partial charge in [-0.1, -0.05) is 0 Å². The maximum atomic E-state index is 10.9. The third-order valence-corrected chi connectivity index (χ3v) is 2.34. The molecule has 0 aromatic carbocycles. The molecule has 4 heteroatoms. The summed E-state index contributed by atoms with van der Waals surface area (Å²) in [6, 6.07) is -0.544. The fourth-order valence-electron chi connectivity index (χ4n) is 1.27. The van der Waals surface area contributed by atoms with E-state index in [0.29, 0.717) is 6.42 Å². The van der Waals surface area contributed by atoms with Gasteiger partial charge in [-0.2, -0.15) is 0 Å². The van der Waals surface area contributed by atoms with Gasteiger partial charge in [-0.3, -0.25) is 4.79 Å². The molecule has 1 saturated carbocycles. The standard InChI is InChI=1S/C8H15NO3/c1-11-7(10)6(9)5-8(12-2)3-4-8/h6H,3-5,9H2,1-2H3. The summed E-state index contributed by atoms with van der Waals surface area (Å²) in [5.74, 6) is -0.363. The first-order chi connectivity index (χ1) is 5.63. The molecule has 1 fully saturated rings. The Balaban J connectivity index is 2.35. The molecule has 0 aliphatic heterocycles. The van der Waals surface area contributed by atoms with Crippen LogP contribution in [0.15, 0.2) is 0 Å². The van der Waals surface area contributed by atoms with Gasteiger partial charge in [0.05, 0.1) is 12.7 Å². The van der Waals surface area contributed by atoms with E-state index in [1.807, 2.05) is 0 Å². The smallest absolute Gasteiger partial charge is 0.322 e. The monoisotopic (exact) mass is 173 g/mol. The number of hydrogen-bond donors (Lipinski definition) is 1. The molecule has 2 N–H and O–H groups in total. The van der Waals surface area contributed by atoms with Gasteiger partial charge < -0.3 is 15.2 Å². The molecule has 4 nitrogen and oxygen atoms in total. The van der Waals surface area contributed by atoms with Crippen molar-refractivity contribution in [2.45, 2.75) is 30.9 Å². The minimum absolute atomic E-state index is 0.131. The van der Waals surface area contributed by atoms with Gasteiger partial charge in [0, 0.05) is 13.5 Å². The van der Waals surface area contributed by atoms with E-state index < -0.39 is 6.04 Å². The number of rotatable bonds is 4. The van der Waals surface area contributed by atoms with Gasteiger partial charge in [-0.15, -0.1) is 0 Å². The van der Waals surface area contributed by atoms with Crippen LogP contribution >= 0.6 is 0 Å². The lowest BCUT2D eigenvalue weighted by molar-refractivity contribution is -0.143. The van der Waals surface area contributed by atoms with E-state index in [9.17, 15) is 4.79 Å². The third-order valence-electron chi connectivity index (χ3n) is 2.34. The van der Waals surface area contributed by atoms with E-state index in [2.05, 4.69) is 4.74 Å². The molecule has 1 atom stereocenters. The number of carbonyl (C=O) groups is 1. The molecule has 0 radical (unpaired) electrons. The molecule has 1 aliphatic rings. The summed E-state index contributed by atoms with van der Waals surface area (Å²) in [6.07, 6.45) is 2.55. The summed E-state index contributed by atoms with van der Waals surface area (Å²) in [7, 11) is 2.99. The third kappa shape index (κ3) is 1.95. The minimum atomic E-state index is -0.544. The summed E-state index contributed by atoms with van der Waals surface area (Å²) in [6.45, 7) is 0. The zero-order chi connectivity index (χ0) is 9.19. The van der Waals surface area contributed by atoms with E-state index in [4.69, 9.17) is 10.5 Å². The Hall–Kier alpha value is -0.610. The van der Waals surface area contributed by atoms with E-state index >= 15 is 0 Å². The van der Waals surface area contributed by atoms with Crippen LogP contribution in [0.2, 0.25) is 0 Å². The van der Waals surface area contributed by atoms with Gasteiger partial charge >= 0.3 is 5.97 Å². The highest BCUT2D eigenvalue weighted by atomic mass is 16.5. The Labute approximate surface area is 72.0 Å². The Kier molecular flexibility index (Phi) is 2.69. The fourth-order valence-corrected chi connectivity index (χ4v) is 1.27. The highest BCUT2D eigenvalue weighted by molar-refractivity contribution is 5.75. The molecule has 0 aromatic heterocycles. The Morgan fingerprint density at radius 2 is 2.17 bits per heavy atom. The molecule has 12 heavy (non-hydrogen) atoms. The van der Waals surface area contributed by atoms with Crippen molar-refractivity contribution in [1.29, 1.82) is 0 Å². The van der Waals surface area contributed by atoms with Crippen molar-refractivity contribution in [3.05, 3.63) is 0 Å². The van der Waals surface area contributed by atoms with Gasteiger partial charge in [-0.05, 0) is 12.8 Å². The van der Waals surface area contributed by atoms with E-state index in [0.717, 1.165) is 12.8 Å². The van der Waals surface area contributed by atoms with E-state index in [1.165, 1.54) is 7.11 Å². The lowest BCUT2D eigenvalue weighted by atomic mass is 10.1. The van der Waals surface area contributed by atoms with Crippen LogP contribution in [0.5, 0.6) is 0 Å². The van der Waals surface area contributed by atoms with Gasteiger partial charge in [0.1, 0.15) is 6.04 Å². The molecular weight excluding hydrogens is 158 g/mol. The molecule has 0 amide bonds. The van der Waals surface area contributed by atoms with E-state index in [-0.39, 0.29) is 11.6 Å². The summed E-state index contributed by atoms with van der Waals surface area (Å²) < 4.78 is 9.74. The van der Waals surface area contributed by atoms with Gasteiger partial charge in [0.15, 0.2) is 0 Å². The van der Waals surface area contributed by atoms with Crippen LogP contribution in [-0.2, 0) is 14.3 Å². The first-order valence-corrected chi connectivity index (χ1v) is 4.02. The Morgan fingerprint density at radius 3 is 2.50 bits per heavy atom. The number of nitrogens with two attached hydrogens (primary N) is 1. The van der Waals surface area contributed by atoms with Crippen LogP contribution in [0.1, 0.15) is 19.3 Å². The average molecular weight is 173 g/mol. The molecule has 0 heterocycles. The molecule has 1 rings (SSSR count). The van der Waals surface area contributed by atoms with Crippen LogP contribution in [0.3, 0.4) is 0 Å². The average Bonchev–Trinajstić information content (AvgIpc) is 2.84. The molecule has 1 aliphatic carbocycles. The second kappa shape index (κ2) is 3.41. The van der Waals surface area contributed by atoms with Gasteiger partial charge in [-0.25, -0.2) is 0 Å². The maximum absolute atomic E-state index is 10.9. The molecule has 0 bridgehead atoms. The van der Waals surface area contributed by atoms with Crippen molar-refractivity contribution in [1.82, 2.24) is 0 Å². The normalized spacial score (nSPS) is 21.6. The SMILES string of the molecule is COC(=O)C(N)CC1(OC)CC1. The lowest BCUT2D eigenvalue weighted by Crippen LogP contribution is -2.36. The first kappa shape index (κ1) is 9.48. The molecule has 1 unspecified atom stereocenters. The predicted octanol–water partition coefficient (Wildman–Crippen LogP) is 0.0558. The zero-order valence-corrected chi connectivity index (χ0v) is 7.50. The first-order valence-electron chi connectivity index (χ1n) is 4.02. The van der Waals surface area contributed by atoms with Crippen LogP contribution in [0.25, 0.3) is 0 Å². The van der Waals surface area contributed by atoms with Crippen molar-refractivity contribution in [2.75, 3.05) is 14.2 Å². The van der Waals surface area contributed by atoms with Crippen molar-refractivity contribution in [2.24, 2.45) is 5.73 Å². The van der Waals surface area contributed by atoms with Crippen LogP contribution in [0, 0.1) is 0 Å². The van der Waals surface area contributed by atoms with Crippen LogP contribution < -0.4 is 5.73 Å². The lowest BCUT2D eigenvalue weighted by Gasteiger charge is -2.16. The molecule has 70 valence electrons. The summed E-state index contributed by atoms with van der Waals surface area (Å²) >= 11 is 0. The Morgan fingerprint density at radius 1 is 1.58 bits per heavy atom.